The summed E-state index contributed by atoms with van der Waals surface area (Å²) in [7, 11) is 2.25. The van der Waals surface area contributed by atoms with Gasteiger partial charge in [0.05, 0.1) is 31.7 Å². The quantitative estimate of drug-likeness (QED) is 0.0850. The molecule has 5 aliphatic rings. The zero-order valence-corrected chi connectivity index (χ0v) is 47.0. The Labute approximate surface area is 451 Å². The predicted octanol–water partition coefficient (Wildman–Crippen LogP) is 16.3. The van der Waals surface area contributed by atoms with Gasteiger partial charge in [0.2, 0.25) is 0 Å². The summed E-state index contributed by atoms with van der Waals surface area (Å²) in [4.78, 5) is 44.3. The normalized spacial score (nSPS) is 31.6. The van der Waals surface area contributed by atoms with Gasteiger partial charge in [-0.2, -0.15) is 52.7 Å². The Morgan fingerprint density at radius 3 is 1.04 bits per heavy atom. The number of hydrogen-bond acceptors (Lipinski definition) is 10. The fourth-order valence-electron chi connectivity index (χ4n) is 9.74. The van der Waals surface area contributed by atoms with E-state index in [-0.39, 0.29) is 63.6 Å². The molecule has 0 heterocycles. The van der Waals surface area contributed by atoms with Crippen molar-refractivity contribution < 1.29 is 132 Å². The summed E-state index contributed by atoms with van der Waals surface area (Å²) in [5, 5.41) is 17.9. The minimum atomic E-state index is -6.17. The molecule has 5 fully saturated rings. The molecule has 0 atom stereocenters. The van der Waals surface area contributed by atoms with Gasteiger partial charge in [-0.25, -0.2) is 0 Å². The number of aliphatic carboxylic acids is 1. The fraction of sp³-hybridized carbons (Fsp3) is 0.878. The summed E-state index contributed by atoms with van der Waals surface area (Å²) >= 11 is -9.96. The molecule has 462 valence electrons. The van der Waals surface area contributed by atoms with Crippen molar-refractivity contribution >= 4 is 35.8 Å². The maximum atomic E-state index is 12.9. The summed E-state index contributed by atoms with van der Waals surface area (Å²) in [6, 6.07) is 0. The standard InChI is InChI=1S/C11H17F3.C10H15F3O2.C10H16O4.C9H15F3O.C9H13F3O.Cr.F4S.3O/c1-3-6-10(11(12,13)14)7-4-9(2)5-8-10;1-7-3-5-9(6-4-7,8(14)15-2)10(11,12)13;1-7-3-5-10(6-4-7,8(11)12)9(13)14-2;2*1-7-2-4-8(6-13,5-3-7)9(10,11)12;;1-5(2,3)4;;;/h3,6,9H,4-5,7-8H2,1-2H3;7H,3-6H2,1-2H3;7H,3-6H2,1-2H3,(H,11,12);7,13H,2-6H2,1H3;6-7H,2-5H2,1H3;;;;;/b6-3+;;;;;;;;;. The van der Waals surface area contributed by atoms with Crippen LogP contribution in [-0.4, -0.2) is 79.9 Å². The Morgan fingerprint density at radius 1 is 0.526 bits per heavy atom. The number of aliphatic hydroxyl groups is 1. The van der Waals surface area contributed by atoms with E-state index in [1.54, 1.807) is 6.92 Å². The van der Waals surface area contributed by atoms with Gasteiger partial charge in [-0.15, -0.1) is 0 Å². The molecule has 5 aliphatic carbocycles. The topological polar surface area (TPSA) is 178 Å². The van der Waals surface area contributed by atoms with Crippen molar-refractivity contribution in [2.45, 2.75) is 195 Å². The van der Waals surface area contributed by atoms with Crippen LogP contribution in [0.1, 0.15) is 170 Å². The summed E-state index contributed by atoms with van der Waals surface area (Å²) in [6.45, 7) is 10.8. The van der Waals surface area contributed by atoms with E-state index in [0.717, 1.165) is 20.0 Å². The first-order valence-corrected chi connectivity index (χ1v) is 27.9. The molecule has 0 unspecified atom stereocenters. The molecule has 0 saturated heterocycles. The number of carboxylic acid groups (broad SMARTS) is 1. The van der Waals surface area contributed by atoms with Gasteiger partial charge in [-0.05, 0) is 165 Å². The number of hydrogen-bond donors (Lipinski definition) is 2. The van der Waals surface area contributed by atoms with E-state index < -0.39 is 102 Å². The SMILES string of the molecule is C/C=C/C1(C(F)(F)F)CCC(C)CC1.CC1CCC(C=O)(C(F)(F)F)CC1.CC1CCC(CO)(C(F)(F)F)CC1.COC(=O)C1(C(=O)O)CCC(C)CC1.COC(=O)C1(C(F)(F)F)CCC(C)CC1.FS(F)(F)F.[O]=[Cr](=[O])=[O]. The molecule has 11 nitrogen and oxygen atoms in total. The van der Waals surface area contributed by atoms with Crippen LogP contribution >= 0.6 is 11.6 Å². The number of ether oxygens (including phenoxy) is 2. The number of carbonyl (C=O) groups is 4. The van der Waals surface area contributed by atoms with Crippen LogP contribution in [0, 0.1) is 56.7 Å². The van der Waals surface area contributed by atoms with Crippen LogP contribution in [0.15, 0.2) is 12.2 Å². The molecule has 0 aromatic carbocycles. The van der Waals surface area contributed by atoms with Gasteiger partial charge >= 0.3 is 79.5 Å². The third kappa shape index (κ3) is 24.2. The van der Waals surface area contributed by atoms with Crippen LogP contribution in [0.5, 0.6) is 0 Å². The van der Waals surface area contributed by atoms with E-state index in [9.17, 15) is 87.4 Å². The first kappa shape index (κ1) is 77.0. The third-order valence-corrected chi connectivity index (χ3v) is 15.7. The third-order valence-electron chi connectivity index (χ3n) is 15.7. The van der Waals surface area contributed by atoms with Gasteiger partial charge in [-0.3, -0.25) is 14.4 Å². The Hall–Kier alpha value is -3.06. The van der Waals surface area contributed by atoms with Gasteiger partial charge < -0.3 is 24.5 Å². The molecular weight excluding hydrogens is 1150 g/mol. The summed E-state index contributed by atoms with van der Waals surface area (Å²) in [6.07, 6.45) is -7.23. The number of rotatable bonds is 6. The van der Waals surface area contributed by atoms with Crippen molar-refractivity contribution in [1.82, 2.24) is 0 Å². The number of aldehydes is 1. The number of alkyl halides is 12. The molecular formula is C49H76CrF16O11S. The Bertz CT molecular complexity index is 1920. The van der Waals surface area contributed by atoms with Crippen LogP contribution in [0.25, 0.3) is 0 Å². The average molecular weight is 1230 g/mol. The molecule has 0 amide bonds. The molecule has 0 bridgehead atoms. The van der Waals surface area contributed by atoms with E-state index in [4.69, 9.17) is 21.6 Å². The molecule has 78 heavy (non-hydrogen) atoms. The number of methoxy groups -OCH3 is 2. The summed E-state index contributed by atoms with van der Waals surface area (Å²) < 4.78 is 226. The van der Waals surface area contributed by atoms with Crippen molar-refractivity contribution in [2.75, 3.05) is 20.8 Å². The van der Waals surface area contributed by atoms with Crippen molar-refractivity contribution in [3.05, 3.63) is 12.2 Å². The molecule has 5 rings (SSSR count). The molecule has 0 spiro atoms. The van der Waals surface area contributed by atoms with Gasteiger partial charge in [0, 0.05) is 0 Å². The second-order valence-electron chi connectivity index (χ2n) is 21.3. The molecule has 29 heteroatoms. The van der Waals surface area contributed by atoms with Crippen molar-refractivity contribution in [1.29, 1.82) is 0 Å². The number of esters is 2. The van der Waals surface area contributed by atoms with Crippen molar-refractivity contribution in [3.63, 3.8) is 0 Å². The van der Waals surface area contributed by atoms with Gasteiger partial charge in [0.15, 0.2) is 10.8 Å². The number of allylic oxidation sites excluding steroid dienone is 2. The number of halogens is 16. The molecule has 0 aromatic heterocycles. The van der Waals surface area contributed by atoms with Gasteiger partial charge in [0.25, 0.3) is 0 Å². The summed E-state index contributed by atoms with van der Waals surface area (Å²) in [5.74, 6) is -0.902. The van der Waals surface area contributed by atoms with Crippen LogP contribution in [-0.2, 0) is 54.0 Å². The summed E-state index contributed by atoms with van der Waals surface area (Å²) in [5.41, 5.74) is -8.91. The van der Waals surface area contributed by atoms with Crippen molar-refractivity contribution in [3.8, 4) is 0 Å². The first-order valence-electron chi connectivity index (χ1n) is 25.1. The van der Waals surface area contributed by atoms with Gasteiger partial charge in [0.1, 0.15) is 11.7 Å². The molecule has 5 saturated carbocycles. The van der Waals surface area contributed by atoms with E-state index in [1.165, 1.54) is 19.3 Å². The maximum absolute atomic E-state index is 12.9. The second-order valence-corrected chi connectivity index (χ2v) is 22.6. The van der Waals surface area contributed by atoms with E-state index >= 15 is 0 Å². The predicted molar refractivity (Wildman–Crippen MR) is 248 cm³/mol. The zero-order valence-electron chi connectivity index (χ0n) is 44.9. The Morgan fingerprint density at radius 2 is 0.808 bits per heavy atom. The number of carboxylic acids is 1. The number of carbonyl (C=O) groups excluding carboxylic acids is 3. The molecule has 0 radical (unpaired) electrons. The zero-order chi connectivity index (χ0) is 61.6. The van der Waals surface area contributed by atoms with E-state index in [1.807, 2.05) is 27.7 Å². The fourth-order valence-corrected chi connectivity index (χ4v) is 9.74. The Kier molecular flexibility index (Phi) is 32.1. The molecule has 0 aliphatic heterocycles. The van der Waals surface area contributed by atoms with Crippen LogP contribution in [0.2, 0.25) is 0 Å². The molecule has 2 N–H and O–H groups in total. The van der Waals surface area contributed by atoms with Crippen LogP contribution in [0.3, 0.4) is 0 Å². The van der Waals surface area contributed by atoms with Crippen LogP contribution < -0.4 is 0 Å². The molecule has 0 aromatic rings. The minimum absolute atomic E-state index is 0.0405. The average Bonchev–Trinajstić information content (AvgIpc) is 3.32. The van der Waals surface area contributed by atoms with Crippen molar-refractivity contribution in [2.24, 2.45) is 56.7 Å². The monoisotopic (exact) mass is 1230 g/mol. The van der Waals surface area contributed by atoms with Crippen LogP contribution in [0.4, 0.5) is 68.2 Å². The first-order chi connectivity index (χ1) is 35.3. The van der Waals surface area contributed by atoms with E-state index in [2.05, 4.69) is 16.4 Å². The number of aliphatic hydroxyl groups excluding tert-OH is 1. The Balaban J connectivity index is 0. The second kappa shape index (κ2) is 32.5. The van der Waals surface area contributed by atoms with E-state index in [0.29, 0.717) is 87.9 Å². The van der Waals surface area contributed by atoms with Gasteiger partial charge in [-0.1, -0.05) is 62.3 Å².